The zero-order valence-corrected chi connectivity index (χ0v) is 11.5. The molecular weight excluding hydrogens is 319 g/mol. The highest BCUT2D eigenvalue weighted by atomic mass is 19.4. The Hall–Kier alpha value is -2.62. The number of halogens is 3. The van der Waals surface area contributed by atoms with E-state index in [-0.39, 0.29) is 12.2 Å². The van der Waals surface area contributed by atoms with E-state index in [1.54, 1.807) is 4.57 Å². The summed E-state index contributed by atoms with van der Waals surface area (Å²) < 4.78 is 48.1. The number of fused-ring (bicyclic) bond motifs is 1. The van der Waals surface area contributed by atoms with Crippen LogP contribution >= 0.6 is 0 Å². The number of benzene rings is 1. The SMILES string of the molecule is O=C(O)c1ccc(-c2nnc3n2CCOC3)cc1OC(F)(F)F. The molecule has 7 nitrogen and oxygen atoms in total. The minimum Gasteiger partial charge on any atom is -0.478 e. The van der Waals surface area contributed by atoms with Crippen molar-refractivity contribution in [3.8, 4) is 17.1 Å². The Morgan fingerprint density at radius 3 is 2.83 bits per heavy atom. The third-order valence-corrected chi connectivity index (χ3v) is 3.21. The highest BCUT2D eigenvalue weighted by Crippen LogP contribution is 2.31. The lowest BCUT2D eigenvalue weighted by Crippen LogP contribution is -2.19. The van der Waals surface area contributed by atoms with Crippen molar-refractivity contribution in [1.29, 1.82) is 0 Å². The van der Waals surface area contributed by atoms with Crippen LogP contribution in [0, 0.1) is 0 Å². The zero-order chi connectivity index (χ0) is 16.6. The average Bonchev–Trinajstić information content (AvgIpc) is 2.89. The molecule has 0 fully saturated rings. The molecule has 0 atom stereocenters. The van der Waals surface area contributed by atoms with Gasteiger partial charge in [0.1, 0.15) is 17.9 Å². The molecule has 0 saturated heterocycles. The van der Waals surface area contributed by atoms with Crippen LogP contribution in [0.5, 0.6) is 5.75 Å². The Morgan fingerprint density at radius 1 is 1.35 bits per heavy atom. The number of carboxylic acids is 1. The minimum atomic E-state index is -5.00. The first-order valence-electron chi connectivity index (χ1n) is 6.48. The summed E-state index contributed by atoms with van der Waals surface area (Å²) in [5.41, 5.74) is -0.317. The normalized spacial score (nSPS) is 14.4. The average molecular weight is 329 g/mol. The second-order valence-corrected chi connectivity index (χ2v) is 4.71. The zero-order valence-electron chi connectivity index (χ0n) is 11.5. The van der Waals surface area contributed by atoms with Gasteiger partial charge in [-0.25, -0.2) is 4.79 Å². The molecule has 0 bridgehead atoms. The number of hydrogen-bond acceptors (Lipinski definition) is 5. The number of carboxylic acid groups (broad SMARTS) is 1. The molecular formula is C13H10F3N3O4. The summed E-state index contributed by atoms with van der Waals surface area (Å²) in [5.74, 6) is -1.45. The number of aromatic carboxylic acids is 1. The first-order chi connectivity index (χ1) is 10.8. The van der Waals surface area contributed by atoms with E-state index >= 15 is 0 Å². The second-order valence-electron chi connectivity index (χ2n) is 4.71. The molecule has 1 aromatic heterocycles. The summed E-state index contributed by atoms with van der Waals surface area (Å²) in [5, 5.41) is 16.8. The maximum absolute atomic E-state index is 12.5. The summed E-state index contributed by atoms with van der Waals surface area (Å²) in [7, 11) is 0. The van der Waals surface area contributed by atoms with Crippen molar-refractivity contribution >= 4 is 5.97 Å². The van der Waals surface area contributed by atoms with Crippen LogP contribution in [0.15, 0.2) is 18.2 Å². The standard InChI is InChI=1S/C13H10F3N3O4/c14-13(15,16)23-9-5-7(1-2-8(9)12(20)21)11-18-17-10-6-22-4-3-19(10)11/h1-2,5H,3-4,6H2,(H,20,21). The Balaban J connectivity index is 2.05. The van der Waals surface area contributed by atoms with E-state index in [0.717, 1.165) is 12.1 Å². The smallest absolute Gasteiger partial charge is 0.478 e. The van der Waals surface area contributed by atoms with Crippen LogP contribution in [0.25, 0.3) is 11.4 Å². The van der Waals surface area contributed by atoms with Gasteiger partial charge in [-0.3, -0.25) is 0 Å². The summed E-state index contributed by atoms with van der Waals surface area (Å²) >= 11 is 0. The first-order valence-corrected chi connectivity index (χ1v) is 6.48. The largest absolute Gasteiger partial charge is 0.573 e. The van der Waals surface area contributed by atoms with Gasteiger partial charge < -0.3 is 19.1 Å². The number of rotatable bonds is 3. The molecule has 1 aliphatic rings. The molecule has 0 radical (unpaired) electrons. The van der Waals surface area contributed by atoms with Crippen molar-refractivity contribution in [1.82, 2.24) is 14.8 Å². The lowest BCUT2D eigenvalue weighted by Gasteiger charge is -2.16. The molecule has 0 amide bonds. The Labute approximate surface area is 127 Å². The molecule has 23 heavy (non-hydrogen) atoms. The number of ether oxygens (including phenoxy) is 2. The van der Waals surface area contributed by atoms with Gasteiger partial charge in [-0.2, -0.15) is 0 Å². The van der Waals surface area contributed by atoms with E-state index < -0.39 is 23.6 Å². The van der Waals surface area contributed by atoms with Gasteiger partial charge in [0.15, 0.2) is 11.6 Å². The highest BCUT2D eigenvalue weighted by Gasteiger charge is 2.33. The Morgan fingerprint density at radius 2 is 2.13 bits per heavy atom. The molecule has 1 aromatic carbocycles. The van der Waals surface area contributed by atoms with Gasteiger partial charge in [-0.15, -0.1) is 23.4 Å². The van der Waals surface area contributed by atoms with E-state index in [1.165, 1.54) is 6.07 Å². The molecule has 0 unspecified atom stereocenters. The molecule has 0 spiro atoms. The monoisotopic (exact) mass is 329 g/mol. The van der Waals surface area contributed by atoms with Crippen molar-refractivity contribution in [3.05, 3.63) is 29.6 Å². The fraction of sp³-hybridized carbons (Fsp3) is 0.308. The van der Waals surface area contributed by atoms with Crippen LogP contribution in [0.3, 0.4) is 0 Å². The van der Waals surface area contributed by atoms with E-state index in [2.05, 4.69) is 14.9 Å². The summed E-state index contributed by atoms with van der Waals surface area (Å²) in [4.78, 5) is 11.0. The third-order valence-electron chi connectivity index (χ3n) is 3.21. The molecule has 3 rings (SSSR count). The molecule has 0 aliphatic carbocycles. The van der Waals surface area contributed by atoms with Gasteiger partial charge in [0.05, 0.1) is 6.61 Å². The van der Waals surface area contributed by atoms with E-state index in [1.807, 2.05) is 0 Å². The van der Waals surface area contributed by atoms with Crippen LogP contribution in [0.4, 0.5) is 13.2 Å². The van der Waals surface area contributed by atoms with Crippen molar-refractivity contribution in [2.75, 3.05) is 6.61 Å². The minimum absolute atomic E-state index is 0.256. The topological polar surface area (TPSA) is 86.5 Å². The van der Waals surface area contributed by atoms with Gasteiger partial charge >= 0.3 is 12.3 Å². The van der Waals surface area contributed by atoms with Crippen LogP contribution in [-0.2, 0) is 17.9 Å². The molecule has 1 N–H and O–H groups in total. The quantitative estimate of drug-likeness (QED) is 0.928. The number of nitrogens with zero attached hydrogens (tertiary/aromatic N) is 3. The summed E-state index contributed by atoms with van der Waals surface area (Å²) in [6.45, 7) is 1.14. The predicted molar refractivity (Wildman–Crippen MR) is 68.8 cm³/mol. The molecule has 2 aromatic rings. The van der Waals surface area contributed by atoms with E-state index in [9.17, 15) is 18.0 Å². The Bertz CT molecular complexity index is 757. The van der Waals surface area contributed by atoms with Gasteiger partial charge in [-0.05, 0) is 12.1 Å². The highest BCUT2D eigenvalue weighted by molar-refractivity contribution is 5.91. The van der Waals surface area contributed by atoms with Crippen molar-refractivity contribution < 1.29 is 32.5 Å². The second kappa shape index (κ2) is 5.54. The van der Waals surface area contributed by atoms with Crippen LogP contribution in [0.2, 0.25) is 0 Å². The maximum Gasteiger partial charge on any atom is 0.573 e. The van der Waals surface area contributed by atoms with Gasteiger partial charge in [-0.1, -0.05) is 6.07 Å². The lowest BCUT2D eigenvalue weighted by molar-refractivity contribution is -0.274. The molecule has 1 aliphatic heterocycles. The van der Waals surface area contributed by atoms with Crippen LogP contribution in [-0.4, -0.2) is 38.8 Å². The van der Waals surface area contributed by atoms with Gasteiger partial charge in [0.25, 0.3) is 0 Å². The number of aromatic nitrogens is 3. The summed E-state index contributed by atoms with van der Waals surface area (Å²) in [6, 6.07) is 3.39. The predicted octanol–water partition coefficient (Wildman–Crippen LogP) is 2.07. The lowest BCUT2D eigenvalue weighted by atomic mass is 10.1. The number of carbonyl (C=O) groups is 1. The number of hydrogen-bond donors (Lipinski definition) is 1. The molecule has 10 heteroatoms. The van der Waals surface area contributed by atoms with Crippen molar-refractivity contribution in [2.24, 2.45) is 0 Å². The first kappa shape index (κ1) is 15.3. The maximum atomic E-state index is 12.5. The van der Waals surface area contributed by atoms with E-state index in [0.29, 0.717) is 24.8 Å². The van der Waals surface area contributed by atoms with Crippen molar-refractivity contribution in [2.45, 2.75) is 19.5 Å². The van der Waals surface area contributed by atoms with E-state index in [4.69, 9.17) is 9.84 Å². The number of alkyl halides is 3. The molecule has 0 saturated carbocycles. The van der Waals surface area contributed by atoms with Gasteiger partial charge in [0, 0.05) is 12.1 Å². The summed E-state index contributed by atoms with van der Waals surface area (Å²) in [6.07, 6.45) is -5.00. The molecule has 122 valence electrons. The Kier molecular flexibility index (Phi) is 3.68. The van der Waals surface area contributed by atoms with Crippen molar-refractivity contribution in [3.63, 3.8) is 0 Å². The fourth-order valence-electron chi connectivity index (χ4n) is 2.26. The molecule has 2 heterocycles. The third kappa shape index (κ3) is 3.11. The van der Waals surface area contributed by atoms with Crippen LogP contribution in [0.1, 0.15) is 16.2 Å². The van der Waals surface area contributed by atoms with Crippen LogP contribution < -0.4 is 4.74 Å². The van der Waals surface area contributed by atoms with Gasteiger partial charge in [0.2, 0.25) is 0 Å². The fourth-order valence-corrected chi connectivity index (χ4v) is 2.26.